The van der Waals surface area contributed by atoms with Crippen LogP contribution in [-0.2, 0) is 20.2 Å². The number of phenolic OH excluding ortho intramolecular Hbond substituents is 2. The molecule has 0 fully saturated rings. The van der Waals surface area contributed by atoms with E-state index in [2.05, 4.69) is 21.3 Å². The molecule has 6 rings (SSSR count). The van der Waals surface area contributed by atoms with E-state index in [1.54, 1.807) is 26.0 Å². The maximum Gasteiger partial charge on any atom is 0.323 e. The minimum absolute atomic E-state index is 0.0645. The molecule has 0 unspecified atom stereocenters. The predicted octanol–water partition coefficient (Wildman–Crippen LogP) is 6.66. The lowest BCUT2D eigenvalue weighted by Gasteiger charge is -2.15. The van der Waals surface area contributed by atoms with Gasteiger partial charge in [-0.15, -0.1) is 0 Å². The highest BCUT2D eigenvalue weighted by atomic mass is 32.2. The van der Waals surface area contributed by atoms with Gasteiger partial charge in [0, 0.05) is 44.0 Å². The summed E-state index contributed by atoms with van der Waals surface area (Å²) in [6.45, 7) is 3.28. The topological polar surface area (TPSA) is 249 Å². The molecule has 0 aliphatic carbocycles. The van der Waals surface area contributed by atoms with Crippen molar-refractivity contribution in [2.75, 3.05) is 21.3 Å². The van der Waals surface area contributed by atoms with E-state index in [0.29, 0.717) is 11.1 Å². The third kappa shape index (κ3) is 7.50. The van der Waals surface area contributed by atoms with E-state index < -0.39 is 47.9 Å². The molecule has 17 heteroatoms. The third-order valence-corrected chi connectivity index (χ3v) is 10.3. The lowest BCUT2D eigenvalue weighted by Crippen LogP contribution is -2.21. The Morgan fingerprint density at radius 1 is 0.500 bits per heavy atom. The Balaban J connectivity index is 1.20. The number of urea groups is 1. The van der Waals surface area contributed by atoms with Crippen molar-refractivity contribution in [2.45, 2.75) is 23.6 Å². The Bertz CT molecular complexity index is 2600. The van der Waals surface area contributed by atoms with Crippen molar-refractivity contribution < 1.29 is 50.5 Å². The van der Waals surface area contributed by atoms with Crippen LogP contribution in [0.4, 0.5) is 27.5 Å². The van der Waals surface area contributed by atoms with Gasteiger partial charge < -0.3 is 31.5 Å². The number of carbonyl (C=O) groups excluding carboxylic acids is 3. The Morgan fingerprint density at radius 2 is 0.889 bits per heavy atom. The molecule has 0 saturated carbocycles. The minimum atomic E-state index is -4.62. The second kappa shape index (κ2) is 14.1. The molecule has 0 heterocycles. The van der Waals surface area contributed by atoms with Crippen LogP contribution in [0.25, 0.3) is 21.5 Å². The van der Waals surface area contributed by atoms with E-state index >= 15 is 0 Å². The van der Waals surface area contributed by atoms with Gasteiger partial charge in [0.05, 0.1) is 11.4 Å². The summed E-state index contributed by atoms with van der Waals surface area (Å²) in [6, 6.07) is 21.2. The van der Waals surface area contributed by atoms with Gasteiger partial charge in [-0.3, -0.25) is 18.7 Å². The van der Waals surface area contributed by atoms with Crippen molar-refractivity contribution in [3.05, 3.63) is 119 Å². The summed E-state index contributed by atoms with van der Waals surface area (Å²) in [5.74, 6) is -2.11. The van der Waals surface area contributed by atoms with Crippen molar-refractivity contribution in [3.63, 3.8) is 0 Å². The normalized spacial score (nSPS) is 11.6. The van der Waals surface area contributed by atoms with Crippen LogP contribution in [0, 0.1) is 13.8 Å². The highest BCUT2D eigenvalue weighted by Crippen LogP contribution is 2.37. The smallest absolute Gasteiger partial charge is 0.323 e. The third-order valence-electron chi connectivity index (χ3n) is 8.51. The molecule has 0 bridgehead atoms. The average Bonchev–Trinajstić information content (AvgIpc) is 3.10. The van der Waals surface area contributed by atoms with E-state index in [1.165, 1.54) is 84.9 Å². The van der Waals surface area contributed by atoms with Gasteiger partial charge in [-0.25, -0.2) is 4.79 Å². The number of carbonyl (C=O) groups is 3. The second-order valence-corrected chi connectivity index (χ2v) is 14.9. The molecule has 276 valence electrons. The van der Waals surface area contributed by atoms with E-state index in [-0.39, 0.29) is 66.9 Å². The molecule has 6 aromatic carbocycles. The van der Waals surface area contributed by atoms with E-state index in [0.717, 1.165) is 0 Å². The molecule has 0 saturated heterocycles. The van der Waals surface area contributed by atoms with Crippen molar-refractivity contribution in [1.82, 2.24) is 0 Å². The fourth-order valence-electron chi connectivity index (χ4n) is 5.89. The van der Waals surface area contributed by atoms with Crippen LogP contribution in [-0.4, -0.2) is 54.0 Å². The van der Waals surface area contributed by atoms with Gasteiger partial charge in [-0.05, 0) is 85.6 Å². The Morgan fingerprint density at radius 3 is 1.26 bits per heavy atom. The van der Waals surface area contributed by atoms with Crippen molar-refractivity contribution >= 4 is 82.4 Å². The van der Waals surface area contributed by atoms with Crippen molar-refractivity contribution in [2.24, 2.45) is 0 Å². The summed E-state index contributed by atoms with van der Waals surface area (Å²) in [5.41, 5.74) is 1.39. The molecular weight excluding hydrogens is 741 g/mol. The number of rotatable bonds is 8. The number of phenols is 2. The second-order valence-electron chi connectivity index (χ2n) is 12.1. The molecule has 6 aromatic rings. The largest absolute Gasteiger partial charge is 0.506 e. The highest BCUT2D eigenvalue weighted by molar-refractivity contribution is 7.86. The molecule has 8 N–H and O–H groups in total. The summed E-state index contributed by atoms with van der Waals surface area (Å²) in [5, 5.41) is 31.9. The van der Waals surface area contributed by atoms with Crippen LogP contribution in [0.1, 0.15) is 31.8 Å². The molecule has 0 radical (unpaired) electrons. The average molecular weight is 771 g/mol. The number of fused-ring (bicyclic) bond motifs is 2. The highest BCUT2D eigenvalue weighted by Gasteiger charge is 2.22. The van der Waals surface area contributed by atoms with Gasteiger partial charge in [-0.1, -0.05) is 36.4 Å². The number of amides is 4. The monoisotopic (exact) mass is 770 g/mol. The number of anilines is 4. The molecule has 15 nitrogen and oxygen atoms in total. The summed E-state index contributed by atoms with van der Waals surface area (Å²) in [6.07, 6.45) is 0. The van der Waals surface area contributed by atoms with Crippen molar-refractivity contribution in [1.29, 1.82) is 0 Å². The van der Waals surface area contributed by atoms with Crippen LogP contribution in [0.5, 0.6) is 11.5 Å². The quantitative estimate of drug-likeness (QED) is 0.0600. The van der Waals surface area contributed by atoms with Gasteiger partial charge in [0.25, 0.3) is 32.1 Å². The number of aryl methyl sites for hydroxylation is 2. The molecule has 54 heavy (non-hydrogen) atoms. The van der Waals surface area contributed by atoms with E-state index in [4.69, 9.17) is 0 Å². The zero-order valence-electron chi connectivity index (χ0n) is 28.2. The van der Waals surface area contributed by atoms with Crippen molar-refractivity contribution in [3.8, 4) is 11.5 Å². The summed E-state index contributed by atoms with van der Waals surface area (Å²) < 4.78 is 66.9. The van der Waals surface area contributed by atoms with E-state index in [9.17, 15) is 50.5 Å². The molecule has 0 aromatic heterocycles. The SMILES string of the molecule is Cc1ccc(NC(=O)Nc2ccc(C)c(C(=O)Nc3c(O)ccc4c(S(=O)(=O)O)cccc34)c2)cc1C(=O)Nc1c(O)ccc2c(S(=O)(=O)O)cccc12. The molecule has 0 spiro atoms. The molecule has 0 atom stereocenters. The van der Waals surface area contributed by atoms with Crippen LogP contribution in [0.15, 0.2) is 107 Å². The van der Waals surface area contributed by atoms with Crippen LogP contribution >= 0.6 is 0 Å². The first-order valence-electron chi connectivity index (χ1n) is 15.8. The Hall–Kier alpha value is -6.53. The number of benzene rings is 6. The maximum atomic E-state index is 13.5. The molecule has 0 aliphatic rings. The molecule has 0 aliphatic heterocycles. The number of hydrogen-bond donors (Lipinski definition) is 8. The van der Waals surface area contributed by atoms with Gasteiger partial charge in [0.2, 0.25) is 0 Å². The van der Waals surface area contributed by atoms with Crippen LogP contribution in [0.3, 0.4) is 0 Å². The Labute approximate surface area is 307 Å². The maximum absolute atomic E-state index is 13.5. The van der Waals surface area contributed by atoms with Gasteiger partial charge >= 0.3 is 6.03 Å². The zero-order chi connectivity index (χ0) is 39.1. The number of nitrogens with one attached hydrogen (secondary N) is 4. The Kier molecular flexibility index (Phi) is 9.74. The molecular formula is C37H30N4O11S2. The fraction of sp³-hybridized carbons (Fsp3) is 0.0541. The van der Waals surface area contributed by atoms with Crippen LogP contribution < -0.4 is 21.3 Å². The van der Waals surface area contributed by atoms with E-state index in [1.807, 2.05) is 0 Å². The summed E-state index contributed by atoms with van der Waals surface area (Å²) >= 11 is 0. The first-order valence-corrected chi connectivity index (χ1v) is 18.7. The lowest BCUT2D eigenvalue weighted by atomic mass is 10.0. The zero-order valence-corrected chi connectivity index (χ0v) is 29.8. The lowest BCUT2D eigenvalue weighted by molar-refractivity contribution is 0.101. The predicted molar refractivity (Wildman–Crippen MR) is 202 cm³/mol. The van der Waals surface area contributed by atoms with Gasteiger partial charge in [0.1, 0.15) is 21.3 Å². The first-order chi connectivity index (χ1) is 25.4. The van der Waals surface area contributed by atoms with Crippen LogP contribution in [0.2, 0.25) is 0 Å². The summed E-state index contributed by atoms with van der Waals surface area (Å²) in [4.78, 5) is 39.2. The fourth-order valence-corrected chi connectivity index (χ4v) is 7.30. The van der Waals surface area contributed by atoms with Gasteiger partial charge in [-0.2, -0.15) is 16.8 Å². The standard InChI is InChI=1S/C37H30N4O11S2/c1-19-9-11-21(17-27(19)35(44)40-33-25-5-3-7-31(53(47,48)49)23(25)13-15-29(33)42)38-37(46)39-22-12-10-20(2)28(18-22)36(45)41-34-26-6-4-8-32(54(50,51)52)24(26)14-16-30(34)43/h3-18,42-43H,1-2H3,(H,40,44)(H,41,45)(H2,38,39,46)(H,47,48,49)(H,50,51,52). The minimum Gasteiger partial charge on any atom is -0.506 e. The summed E-state index contributed by atoms with van der Waals surface area (Å²) in [7, 11) is -9.23. The molecule has 4 amide bonds. The number of aromatic hydroxyl groups is 2. The number of hydrogen-bond acceptors (Lipinski definition) is 9. The first kappa shape index (κ1) is 37.2. The van der Waals surface area contributed by atoms with Gasteiger partial charge in [0.15, 0.2) is 0 Å².